The number of phenols is 1. The topological polar surface area (TPSA) is 32.3 Å². The summed E-state index contributed by atoms with van der Waals surface area (Å²) in [5.41, 5.74) is -0.107. The summed E-state index contributed by atoms with van der Waals surface area (Å²) in [6.07, 6.45) is 0. The maximum Gasteiger partial charge on any atom is 0.203 e. The van der Waals surface area contributed by atoms with Crippen LogP contribution in [0.5, 0.6) is 5.75 Å². The fourth-order valence-electron chi connectivity index (χ4n) is 1.08. The molecular formula is C9H10F3NO. The smallest absolute Gasteiger partial charge is 0.203 e. The monoisotopic (exact) mass is 205 g/mol. The van der Waals surface area contributed by atoms with E-state index in [4.69, 9.17) is 5.11 Å². The van der Waals surface area contributed by atoms with Gasteiger partial charge in [-0.25, -0.2) is 8.78 Å². The van der Waals surface area contributed by atoms with E-state index in [0.29, 0.717) is 0 Å². The van der Waals surface area contributed by atoms with Crippen molar-refractivity contribution in [3.63, 3.8) is 0 Å². The van der Waals surface area contributed by atoms with E-state index in [0.717, 1.165) is 6.07 Å². The summed E-state index contributed by atoms with van der Waals surface area (Å²) in [5, 5.41) is 11.6. The number of benzene rings is 1. The van der Waals surface area contributed by atoms with E-state index in [9.17, 15) is 13.2 Å². The molecule has 0 aliphatic rings. The molecular weight excluding hydrogens is 195 g/mol. The van der Waals surface area contributed by atoms with Crippen molar-refractivity contribution >= 4 is 0 Å². The summed E-state index contributed by atoms with van der Waals surface area (Å²) < 4.78 is 38.6. The summed E-state index contributed by atoms with van der Waals surface area (Å²) in [5.74, 6) is -5.23. The number of hydrogen-bond acceptors (Lipinski definition) is 2. The van der Waals surface area contributed by atoms with Crippen LogP contribution in [0.1, 0.15) is 18.5 Å². The number of hydrogen-bond donors (Lipinski definition) is 2. The SMILES string of the molecule is CNC(C)c1cc(F)c(F)c(O)c1F. The largest absolute Gasteiger partial charge is 0.503 e. The number of rotatable bonds is 2. The third-order valence-corrected chi connectivity index (χ3v) is 2.06. The molecule has 0 radical (unpaired) electrons. The molecule has 1 aromatic carbocycles. The van der Waals surface area contributed by atoms with Gasteiger partial charge < -0.3 is 10.4 Å². The van der Waals surface area contributed by atoms with Crippen molar-refractivity contribution in [1.29, 1.82) is 0 Å². The van der Waals surface area contributed by atoms with Crippen molar-refractivity contribution in [3.8, 4) is 5.75 Å². The normalized spacial score (nSPS) is 12.9. The molecule has 1 unspecified atom stereocenters. The standard InChI is InChI=1S/C9H10F3NO/c1-4(13-2)5-3-6(10)8(12)9(14)7(5)11/h3-4,13-14H,1-2H3. The van der Waals surface area contributed by atoms with Gasteiger partial charge in [-0.05, 0) is 20.0 Å². The van der Waals surface area contributed by atoms with Crippen LogP contribution in [0.4, 0.5) is 13.2 Å². The molecule has 1 atom stereocenters. The zero-order valence-corrected chi connectivity index (χ0v) is 7.74. The Labute approximate surface area is 79.4 Å². The quantitative estimate of drug-likeness (QED) is 0.724. The lowest BCUT2D eigenvalue weighted by Gasteiger charge is -2.12. The summed E-state index contributed by atoms with van der Waals surface area (Å²) in [6, 6.07) is 0.224. The molecule has 2 nitrogen and oxygen atoms in total. The van der Waals surface area contributed by atoms with Crippen LogP contribution in [-0.4, -0.2) is 12.2 Å². The average molecular weight is 205 g/mol. The first-order valence-corrected chi connectivity index (χ1v) is 4.02. The second-order valence-corrected chi connectivity index (χ2v) is 2.93. The Hall–Kier alpha value is -1.23. The Bertz CT molecular complexity index is 354. The molecule has 0 aromatic heterocycles. The van der Waals surface area contributed by atoms with Crippen molar-refractivity contribution in [2.45, 2.75) is 13.0 Å². The van der Waals surface area contributed by atoms with E-state index in [1.807, 2.05) is 0 Å². The van der Waals surface area contributed by atoms with Crippen LogP contribution in [0.15, 0.2) is 6.07 Å². The minimum Gasteiger partial charge on any atom is -0.503 e. The lowest BCUT2D eigenvalue weighted by Crippen LogP contribution is -2.14. The van der Waals surface area contributed by atoms with Gasteiger partial charge >= 0.3 is 0 Å². The lowest BCUT2D eigenvalue weighted by atomic mass is 10.1. The van der Waals surface area contributed by atoms with Gasteiger partial charge in [0.2, 0.25) is 5.82 Å². The van der Waals surface area contributed by atoms with Crippen molar-refractivity contribution in [2.75, 3.05) is 7.05 Å². The molecule has 0 aliphatic heterocycles. The molecule has 0 bridgehead atoms. The van der Waals surface area contributed by atoms with Crippen LogP contribution in [0.2, 0.25) is 0 Å². The van der Waals surface area contributed by atoms with E-state index in [-0.39, 0.29) is 5.56 Å². The summed E-state index contributed by atoms with van der Waals surface area (Å²) >= 11 is 0. The summed E-state index contributed by atoms with van der Waals surface area (Å²) in [6.45, 7) is 1.56. The minimum absolute atomic E-state index is 0.107. The first-order chi connectivity index (χ1) is 6.49. The van der Waals surface area contributed by atoms with Gasteiger partial charge in [-0.2, -0.15) is 4.39 Å². The molecule has 0 heterocycles. The maximum absolute atomic E-state index is 13.2. The van der Waals surface area contributed by atoms with Gasteiger partial charge in [-0.3, -0.25) is 0 Å². The molecule has 14 heavy (non-hydrogen) atoms. The first-order valence-electron chi connectivity index (χ1n) is 4.02. The highest BCUT2D eigenvalue weighted by molar-refractivity contribution is 5.34. The highest BCUT2D eigenvalue weighted by atomic mass is 19.2. The van der Waals surface area contributed by atoms with E-state index in [2.05, 4.69) is 5.32 Å². The van der Waals surface area contributed by atoms with Gasteiger partial charge in [0, 0.05) is 11.6 Å². The van der Waals surface area contributed by atoms with Crippen LogP contribution in [0.3, 0.4) is 0 Å². The van der Waals surface area contributed by atoms with Gasteiger partial charge in [0.25, 0.3) is 0 Å². The number of nitrogens with one attached hydrogen (secondary N) is 1. The number of phenolic OH excluding ortho intramolecular Hbond substituents is 1. The van der Waals surface area contributed by atoms with Crippen LogP contribution in [0.25, 0.3) is 0 Å². The van der Waals surface area contributed by atoms with Gasteiger partial charge in [-0.15, -0.1) is 0 Å². The third-order valence-electron chi connectivity index (χ3n) is 2.06. The van der Waals surface area contributed by atoms with Crippen LogP contribution in [0, 0.1) is 17.5 Å². The highest BCUT2D eigenvalue weighted by Gasteiger charge is 2.20. The second kappa shape index (κ2) is 3.88. The number of halogens is 3. The molecule has 0 amide bonds. The van der Waals surface area contributed by atoms with Crippen LogP contribution >= 0.6 is 0 Å². The van der Waals surface area contributed by atoms with Crippen molar-refractivity contribution in [1.82, 2.24) is 5.32 Å². The fourth-order valence-corrected chi connectivity index (χ4v) is 1.08. The molecule has 0 saturated carbocycles. The van der Waals surface area contributed by atoms with Gasteiger partial charge in [0.1, 0.15) is 0 Å². The first kappa shape index (κ1) is 10.8. The molecule has 0 aliphatic carbocycles. The molecule has 0 saturated heterocycles. The lowest BCUT2D eigenvalue weighted by molar-refractivity contribution is 0.369. The molecule has 5 heteroatoms. The zero-order chi connectivity index (χ0) is 10.9. The molecule has 2 N–H and O–H groups in total. The molecule has 1 aromatic rings. The van der Waals surface area contributed by atoms with Gasteiger partial charge in [-0.1, -0.05) is 0 Å². The van der Waals surface area contributed by atoms with Crippen LogP contribution in [-0.2, 0) is 0 Å². The molecule has 1 rings (SSSR count). The maximum atomic E-state index is 13.2. The van der Waals surface area contributed by atoms with E-state index < -0.39 is 29.2 Å². The Kier molecular flexibility index (Phi) is 3.00. The Morgan fingerprint density at radius 1 is 1.29 bits per heavy atom. The summed E-state index contributed by atoms with van der Waals surface area (Å²) in [7, 11) is 1.54. The third kappa shape index (κ3) is 1.68. The fraction of sp³-hybridized carbons (Fsp3) is 0.333. The van der Waals surface area contributed by atoms with E-state index in [1.54, 1.807) is 14.0 Å². The molecule has 0 spiro atoms. The Morgan fingerprint density at radius 3 is 2.36 bits per heavy atom. The van der Waals surface area contributed by atoms with Crippen molar-refractivity contribution < 1.29 is 18.3 Å². The Morgan fingerprint density at radius 2 is 1.86 bits per heavy atom. The second-order valence-electron chi connectivity index (χ2n) is 2.93. The number of aromatic hydroxyl groups is 1. The van der Waals surface area contributed by atoms with Crippen LogP contribution < -0.4 is 5.32 Å². The molecule has 78 valence electrons. The van der Waals surface area contributed by atoms with Gasteiger partial charge in [0.05, 0.1) is 0 Å². The predicted molar refractivity (Wildman–Crippen MR) is 45.5 cm³/mol. The predicted octanol–water partition coefficient (Wildman–Crippen LogP) is 2.09. The summed E-state index contributed by atoms with van der Waals surface area (Å²) in [4.78, 5) is 0. The van der Waals surface area contributed by atoms with E-state index in [1.165, 1.54) is 0 Å². The highest BCUT2D eigenvalue weighted by Crippen LogP contribution is 2.28. The Balaban J connectivity index is 3.33. The zero-order valence-electron chi connectivity index (χ0n) is 7.74. The minimum atomic E-state index is -1.56. The van der Waals surface area contributed by atoms with Gasteiger partial charge in [0.15, 0.2) is 17.4 Å². The average Bonchev–Trinajstić information content (AvgIpc) is 2.19. The van der Waals surface area contributed by atoms with Crippen molar-refractivity contribution in [2.24, 2.45) is 0 Å². The molecule has 0 fully saturated rings. The van der Waals surface area contributed by atoms with E-state index >= 15 is 0 Å². The van der Waals surface area contributed by atoms with Crippen molar-refractivity contribution in [3.05, 3.63) is 29.1 Å².